The van der Waals surface area contributed by atoms with E-state index in [4.69, 9.17) is 0 Å². The van der Waals surface area contributed by atoms with Crippen LogP contribution >= 0.6 is 11.3 Å². The van der Waals surface area contributed by atoms with Gasteiger partial charge < -0.3 is 15.2 Å². The van der Waals surface area contributed by atoms with Gasteiger partial charge in [-0.15, -0.1) is 11.3 Å². The smallest absolute Gasteiger partial charge is 0.262 e. The van der Waals surface area contributed by atoms with Crippen molar-refractivity contribution in [2.45, 2.75) is 5.54 Å². The average Bonchev–Trinajstić information content (AvgIpc) is 3.29. The molecule has 5 nitrogen and oxygen atoms in total. The Bertz CT molecular complexity index is 929. The van der Waals surface area contributed by atoms with Gasteiger partial charge in [0.25, 0.3) is 5.91 Å². The molecule has 3 heterocycles. The third-order valence-electron chi connectivity index (χ3n) is 4.58. The van der Waals surface area contributed by atoms with Crippen molar-refractivity contribution in [3.8, 4) is 0 Å². The summed E-state index contributed by atoms with van der Waals surface area (Å²) in [5, 5.41) is 8.97. The van der Waals surface area contributed by atoms with Crippen molar-refractivity contribution in [2.24, 2.45) is 7.05 Å². The lowest BCUT2D eigenvalue weighted by atomic mass is 9.87. The number of carbonyl (C=O) groups is 2. The van der Waals surface area contributed by atoms with E-state index in [1.54, 1.807) is 6.07 Å². The molecule has 24 heavy (non-hydrogen) atoms. The van der Waals surface area contributed by atoms with Gasteiger partial charge in [-0.2, -0.15) is 0 Å². The number of carbonyl (C=O) groups excluding carboxylic acids is 2. The summed E-state index contributed by atoms with van der Waals surface area (Å²) in [5.74, 6) is -0.223. The summed E-state index contributed by atoms with van der Waals surface area (Å²) in [5.41, 5.74) is 0.861. The van der Waals surface area contributed by atoms with Crippen molar-refractivity contribution in [3.05, 3.63) is 58.4 Å². The first-order valence-electron chi connectivity index (χ1n) is 7.76. The van der Waals surface area contributed by atoms with Crippen molar-refractivity contribution >= 4 is 33.9 Å². The van der Waals surface area contributed by atoms with E-state index in [-0.39, 0.29) is 18.2 Å². The molecule has 2 aromatic heterocycles. The van der Waals surface area contributed by atoms with Crippen LogP contribution in [0.1, 0.15) is 15.2 Å². The molecule has 1 fully saturated rings. The number of fused-ring (bicyclic) bond motifs is 1. The Balaban J connectivity index is 1.85. The normalized spacial score (nSPS) is 20.6. The zero-order chi connectivity index (χ0) is 16.7. The number of Topliss-reactive ketones (excluding diaryl/α,β-unsaturated/α-hetero) is 1. The number of thiophene rings is 1. The third-order valence-corrected chi connectivity index (χ3v) is 5.45. The highest BCUT2D eigenvalue weighted by Gasteiger charge is 2.46. The van der Waals surface area contributed by atoms with Crippen LogP contribution in [0.25, 0.3) is 10.9 Å². The van der Waals surface area contributed by atoms with Crippen LogP contribution in [-0.4, -0.2) is 29.3 Å². The van der Waals surface area contributed by atoms with Gasteiger partial charge in [0.05, 0.1) is 11.4 Å². The number of ketones is 1. The first-order chi connectivity index (χ1) is 11.6. The highest BCUT2D eigenvalue weighted by atomic mass is 32.1. The van der Waals surface area contributed by atoms with Crippen molar-refractivity contribution in [1.82, 2.24) is 15.2 Å². The Morgan fingerprint density at radius 1 is 1.29 bits per heavy atom. The lowest BCUT2D eigenvalue weighted by Crippen LogP contribution is -2.52. The molecule has 1 aliphatic rings. The van der Waals surface area contributed by atoms with E-state index in [1.165, 1.54) is 11.3 Å². The van der Waals surface area contributed by atoms with E-state index < -0.39 is 5.54 Å². The Hall–Kier alpha value is -2.44. The predicted molar refractivity (Wildman–Crippen MR) is 94.3 cm³/mol. The van der Waals surface area contributed by atoms with Gasteiger partial charge in [0.2, 0.25) is 0 Å². The van der Waals surface area contributed by atoms with Crippen molar-refractivity contribution in [3.63, 3.8) is 0 Å². The molecule has 0 bridgehead atoms. The van der Waals surface area contributed by atoms with Gasteiger partial charge in [-0.3, -0.25) is 9.59 Å². The maximum atomic E-state index is 12.8. The van der Waals surface area contributed by atoms with Gasteiger partial charge in [0.15, 0.2) is 5.78 Å². The molecule has 2 N–H and O–H groups in total. The van der Waals surface area contributed by atoms with Gasteiger partial charge in [-0.05, 0) is 17.5 Å². The Morgan fingerprint density at radius 3 is 2.83 bits per heavy atom. The Morgan fingerprint density at radius 2 is 2.12 bits per heavy atom. The van der Waals surface area contributed by atoms with Gasteiger partial charge in [0, 0.05) is 36.3 Å². The molecule has 3 aromatic rings. The maximum Gasteiger partial charge on any atom is 0.262 e. The van der Waals surface area contributed by atoms with Crippen molar-refractivity contribution < 1.29 is 9.59 Å². The second-order valence-electron chi connectivity index (χ2n) is 6.03. The summed E-state index contributed by atoms with van der Waals surface area (Å²) < 4.78 is 2.00. The number of nitrogens with one attached hydrogen (secondary N) is 2. The highest BCUT2D eigenvalue weighted by molar-refractivity contribution is 7.12. The molecule has 4 rings (SSSR count). The number of aromatic nitrogens is 1. The average molecular weight is 339 g/mol. The SMILES string of the molecule is Cn1cc(C2(NC(=O)c3cccs3)CNCC2=O)c2ccccc21. The van der Waals surface area contributed by atoms with Crippen LogP contribution in [0.4, 0.5) is 0 Å². The van der Waals surface area contributed by atoms with Crippen LogP contribution in [0.3, 0.4) is 0 Å². The highest BCUT2D eigenvalue weighted by Crippen LogP contribution is 2.33. The molecule has 0 aliphatic carbocycles. The minimum atomic E-state index is -1.03. The monoisotopic (exact) mass is 339 g/mol. The second kappa shape index (κ2) is 5.58. The van der Waals surface area contributed by atoms with E-state index in [0.29, 0.717) is 11.4 Å². The van der Waals surface area contributed by atoms with Crippen molar-refractivity contribution in [1.29, 1.82) is 0 Å². The fourth-order valence-electron chi connectivity index (χ4n) is 3.38. The Kier molecular flexibility index (Phi) is 3.51. The van der Waals surface area contributed by atoms with E-state index in [9.17, 15) is 9.59 Å². The first kappa shape index (κ1) is 15.1. The summed E-state index contributed by atoms with van der Waals surface area (Å²) >= 11 is 1.37. The van der Waals surface area contributed by atoms with Gasteiger partial charge in [0.1, 0.15) is 5.54 Å². The minimum absolute atomic E-state index is 0.0104. The van der Waals surface area contributed by atoms with E-state index in [0.717, 1.165) is 16.5 Å². The number of para-hydroxylation sites is 1. The number of benzene rings is 1. The van der Waals surface area contributed by atoms with Crippen LogP contribution in [0, 0.1) is 0 Å². The van der Waals surface area contributed by atoms with Gasteiger partial charge in [-0.25, -0.2) is 0 Å². The first-order valence-corrected chi connectivity index (χ1v) is 8.64. The topological polar surface area (TPSA) is 63.1 Å². The molecule has 6 heteroatoms. The lowest BCUT2D eigenvalue weighted by molar-refractivity contribution is -0.121. The molecule has 0 saturated carbocycles. The molecule has 1 aromatic carbocycles. The largest absolute Gasteiger partial charge is 0.350 e. The maximum absolute atomic E-state index is 12.8. The predicted octanol–water partition coefficient (Wildman–Crippen LogP) is 2.04. The second-order valence-corrected chi connectivity index (χ2v) is 6.98. The molecule has 1 unspecified atom stereocenters. The van der Waals surface area contributed by atoms with E-state index >= 15 is 0 Å². The number of nitrogens with zero attached hydrogens (tertiary/aromatic N) is 1. The molecule has 1 amide bonds. The minimum Gasteiger partial charge on any atom is -0.350 e. The fraction of sp³-hybridized carbons (Fsp3) is 0.222. The number of hydrogen-bond acceptors (Lipinski definition) is 4. The molecule has 122 valence electrons. The fourth-order valence-corrected chi connectivity index (χ4v) is 4.00. The summed E-state index contributed by atoms with van der Waals surface area (Å²) in [6.07, 6.45) is 1.95. The molecule has 0 radical (unpaired) electrons. The molecule has 0 spiro atoms. The van der Waals surface area contributed by atoms with Crippen LogP contribution in [0.5, 0.6) is 0 Å². The molecule has 1 aliphatic heterocycles. The summed E-state index contributed by atoms with van der Waals surface area (Å²) in [4.78, 5) is 26.0. The zero-order valence-corrected chi connectivity index (χ0v) is 14.0. The number of amides is 1. The van der Waals surface area contributed by atoms with Crippen LogP contribution in [-0.2, 0) is 17.4 Å². The van der Waals surface area contributed by atoms with Crippen molar-refractivity contribution in [2.75, 3.05) is 13.1 Å². The third kappa shape index (κ3) is 2.18. The molecule has 1 atom stereocenters. The molecular formula is C18H17N3O2S. The summed E-state index contributed by atoms with van der Waals surface area (Å²) in [6, 6.07) is 11.5. The lowest BCUT2D eigenvalue weighted by Gasteiger charge is -2.27. The quantitative estimate of drug-likeness (QED) is 0.768. The van der Waals surface area contributed by atoms with Gasteiger partial charge >= 0.3 is 0 Å². The van der Waals surface area contributed by atoms with E-state index in [2.05, 4.69) is 10.6 Å². The van der Waals surface area contributed by atoms with Gasteiger partial charge in [-0.1, -0.05) is 24.3 Å². The van der Waals surface area contributed by atoms with Crippen LogP contribution < -0.4 is 10.6 Å². The van der Waals surface area contributed by atoms with Crippen LogP contribution in [0.2, 0.25) is 0 Å². The molecule has 1 saturated heterocycles. The molecular weight excluding hydrogens is 322 g/mol. The number of aryl methyl sites for hydroxylation is 1. The standard InChI is InChI=1S/C18H17N3O2S/c1-21-10-13(12-5-2-3-6-14(12)21)18(11-19-9-16(18)22)20-17(23)15-7-4-8-24-15/h2-8,10,19H,9,11H2,1H3,(H,20,23). The summed E-state index contributed by atoms with van der Waals surface area (Å²) in [6.45, 7) is 0.658. The number of rotatable bonds is 3. The van der Waals surface area contributed by atoms with Crippen LogP contribution in [0.15, 0.2) is 48.0 Å². The Labute approximate surface area is 143 Å². The zero-order valence-electron chi connectivity index (χ0n) is 13.2. The number of hydrogen-bond donors (Lipinski definition) is 2. The van der Waals surface area contributed by atoms with E-state index in [1.807, 2.05) is 53.5 Å². The summed E-state index contributed by atoms with van der Waals surface area (Å²) in [7, 11) is 1.95.